The highest BCUT2D eigenvalue weighted by Crippen LogP contribution is 2.33. The van der Waals surface area contributed by atoms with Crippen LogP contribution in [-0.2, 0) is 11.0 Å². The Balaban J connectivity index is 1.50. The lowest BCUT2D eigenvalue weighted by atomic mass is 10.1. The summed E-state index contributed by atoms with van der Waals surface area (Å²) in [4.78, 5) is 16.3. The number of alkyl halides is 3. The number of halogens is 3. The van der Waals surface area contributed by atoms with E-state index in [-0.39, 0.29) is 17.1 Å². The number of nitrogens with zero attached hydrogens (tertiary/aromatic N) is 5. The van der Waals surface area contributed by atoms with E-state index in [4.69, 9.17) is 12.2 Å². The zero-order chi connectivity index (χ0) is 22.7. The smallest absolute Gasteiger partial charge is 0.323 e. The van der Waals surface area contributed by atoms with Crippen molar-refractivity contribution < 1.29 is 18.0 Å². The third kappa shape index (κ3) is 5.06. The Hall–Kier alpha value is -3.03. The minimum atomic E-state index is -4.55. The molecule has 32 heavy (non-hydrogen) atoms. The number of carbonyl (C=O) groups excluding carboxylic acids is 1. The first kappa shape index (κ1) is 22.2. The topological polar surface area (TPSA) is 77.6 Å². The molecular weight excluding hydrogens is 481 g/mol. The van der Waals surface area contributed by atoms with Crippen molar-refractivity contribution in [1.82, 2.24) is 24.5 Å². The summed E-state index contributed by atoms with van der Waals surface area (Å²) in [5.74, 6) is -0.563. The molecule has 0 fully saturated rings. The molecule has 0 saturated heterocycles. The number of carbonyl (C=O) groups is 1. The lowest BCUT2D eigenvalue weighted by Crippen LogP contribution is -2.17. The van der Waals surface area contributed by atoms with Gasteiger partial charge in [-0.2, -0.15) is 18.3 Å². The van der Waals surface area contributed by atoms with Gasteiger partial charge in [-0.3, -0.25) is 4.79 Å². The molecule has 164 valence electrons. The van der Waals surface area contributed by atoms with Gasteiger partial charge in [0.1, 0.15) is 12.7 Å². The number of rotatable bonds is 6. The maximum absolute atomic E-state index is 13.2. The maximum Gasteiger partial charge on any atom is 0.416 e. The second kappa shape index (κ2) is 9.22. The molecule has 0 saturated carbocycles. The average molecular weight is 495 g/mol. The molecule has 2 heterocycles. The molecular formula is C19H13F3N6OS3. The molecule has 0 spiro atoms. The second-order valence-corrected chi connectivity index (χ2v) is 9.13. The van der Waals surface area contributed by atoms with Gasteiger partial charge in [-0.1, -0.05) is 41.3 Å². The molecule has 0 unspecified atom stereocenters. The van der Waals surface area contributed by atoms with Crippen LogP contribution < -0.4 is 5.32 Å². The molecule has 0 aliphatic carbocycles. The van der Waals surface area contributed by atoms with Crippen LogP contribution in [0.4, 0.5) is 18.9 Å². The first-order valence-electron chi connectivity index (χ1n) is 8.96. The van der Waals surface area contributed by atoms with Gasteiger partial charge >= 0.3 is 6.18 Å². The quantitative estimate of drug-likeness (QED) is 0.301. The van der Waals surface area contributed by atoms with Gasteiger partial charge in [0, 0.05) is 0 Å². The highest BCUT2D eigenvalue weighted by molar-refractivity contribution is 8.01. The van der Waals surface area contributed by atoms with Crippen molar-refractivity contribution in [3.8, 4) is 11.4 Å². The van der Waals surface area contributed by atoms with E-state index in [0.29, 0.717) is 8.29 Å². The van der Waals surface area contributed by atoms with Gasteiger partial charge in [0.2, 0.25) is 5.91 Å². The SMILES string of the molecule is O=C(CSc1nn(-c2ccccc2)c(=S)s1)Nc1cc(C(F)(F)F)ccc1-n1cncn1. The number of amides is 1. The molecule has 4 rings (SSSR count). The van der Waals surface area contributed by atoms with Crippen molar-refractivity contribution in [2.75, 3.05) is 11.1 Å². The molecule has 0 radical (unpaired) electrons. The molecule has 7 nitrogen and oxygen atoms in total. The summed E-state index contributed by atoms with van der Waals surface area (Å²) in [7, 11) is 0. The summed E-state index contributed by atoms with van der Waals surface area (Å²) in [5.41, 5.74) is 0.145. The lowest BCUT2D eigenvalue weighted by molar-refractivity contribution is -0.137. The van der Waals surface area contributed by atoms with Crippen molar-refractivity contribution >= 4 is 46.9 Å². The molecule has 13 heteroatoms. The van der Waals surface area contributed by atoms with E-state index in [1.54, 1.807) is 4.68 Å². The molecule has 0 aliphatic heterocycles. The number of benzene rings is 2. The van der Waals surface area contributed by atoms with Crippen LogP contribution in [0.15, 0.2) is 65.5 Å². The highest BCUT2D eigenvalue weighted by atomic mass is 32.2. The molecule has 4 aromatic rings. The second-order valence-electron chi connectivity index (χ2n) is 6.29. The first-order chi connectivity index (χ1) is 15.3. The number of hydrogen-bond acceptors (Lipinski definition) is 7. The standard InChI is InChI=1S/C19H13F3N6OS3/c20-19(21,22)12-6-7-15(27-11-23-10-24-27)14(8-12)25-16(29)9-31-17-26-28(18(30)32-17)13-4-2-1-3-5-13/h1-8,10-11H,9H2,(H,25,29). The van der Waals surface area contributed by atoms with E-state index < -0.39 is 17.6 Å². The summed E-state index contributed by atoms with van der Waals surface area (Å²) in [6.45, 7) is 0. The number of nitrogens with one attached hydrogen (secondary N) is 1. The monoisotopic (exact) mass is 494 g/mol. The van der Waals surface area contributed by atoms with Gasteiger partial charge in [-0.15, -0.1) is 5.10 Å². The number of para-hydroxylation sites is 1. The summed E-state index contributed by atoms with van der Waals surface area (Å²) in [6, 6.07) is 12.3. The summed E-state index contributed by atoms with van der Waals surface area (Å²) in [5, 5.41) is 10.9. The van der Waals surface area contributed by atoms with Crippen molar-refractivity contribution in [3.05, 3.63) is 70.7 Å². The van der Waals surface area contributed by atoms with Gasteiger partial charge in [0.25, 0.3) is 0 Å². The molecule has 0 atom stereocenters. The van der Waals surface area contributed by atoms with Crippen molar-refractivity contribution in [2.45, 2.75) is 10.5 Å². The normalized spacial score (nSPS) is 11.5. The van der Waals surface area contributed by atoms with Crippen LogP contribution in [-0.4, -0.2) is 36.2 Å². The van der Waals surface area contributed by atoms with Gasteiger partial charge in [-0.05, 0) is 42.5 Å². The van der Waals surface area contributed by atoms with Gasteiger partial charge in [0.15, 0.2) is 8.29 Å². The third-order valence-corrected chi connectivity index (χ3v) is 6.49. The van der Waals surface area contributed by atoms with Crippen LogP contribution in [0, 0.1) is 3.95 Å². The van der Waals surface area contributed by atoms with Crippen LogP contribution in [0.5, 0.6) is 0 Å². The Morgan fingerprint density at radius 1 is 1.19 bits per heavy atom. The highest BCUT2D eigenvalue weighted by Gasteiger charge is 2.31. The van der Waals surface area contributed by atoms with Crippen LogP contribution >= 0.6 is 35.3 Å². The van der Waals surface area contributed by atoms with E-state index in [2.05, 4.69) is 20.5 Å². The Bertz CT molecular complexity index is 1290. The molecule has 2 aromatic carbocycles. The van der Waals surface area contributed by atoms with E-state index in [1.165, 1.54) is 34.7 Å². The summed E-state index contributed by atoms with van der Waals surface area (Å²) < 4.78 is 43.4. The van der Waals surface area contributed by atoms with E-state index in [1.807, 2.05) is 30.3 Å². The molecule has 0 bridgehead atoms. The predicted molar refractivity (Wildman–Crippen MR) is 118 cm³/mol. The van der Waals surface area contributed by atoms with Gasteiger partial charge < -0.3 is 5.32 Å². The zero-order valence-corrected chi connectivity index (χ0v) is 18.4. The molecule has 1 N–H and O–H groups in total. The Kier molecular flexibility index (Phi) is 6.39. The number of thioether (sulfide) groups is 1. The van der Waals surface area contributed by atoms with Crippen molar-refractivity contribution in [3.63, 3.8) is 0 Å². The Morgan fingerprint density at radius 2 is 1.97 bits per heavy atom. The minimum Gasteiger partial charge on any atom is -0.323 e. The van der Waals surface area contributed by atoms with Crippen molar-refractivity contribution in [2.24, 2.45) is 0 Å². The lowest BCUT2D eigenvalue weighted by Gasteiger charge is -2.14. The molecule has 2 aromatic heterocycles. The van der Waals surface area contributed by atoms with Gasteiger partial charge in [0.05, 0.1) is 28.4 Å². The van der Waals surface area contributed by atoms with Crippen LogP contribution in [0.3, 0.4) is 0 Å². The molecule has 0 aliphatic rings. The average Bonchev–Trinajstić information content (AvgIpc) is 3.42. The largest absolute Gasteiger partial charge is 0.416 e. The van der Waals surface area contributed by atoms with E-state index in [0.717, 1.165) is 29.6 Å². The fraction of sp³-hybridized carbons (Fsp3) is 0.105. The first-order valence-corrected chi connectivity index (χ1v) is 11.2. The number of aromatic nitrogens is 5. The number of anilines is 1. The van der Waals surface area contributed by atoms with Crippen LogP contribution in [0.1, 0.15) is 5.56 Å². The summed E-state index contributed by atoms with van der Waals surface area (Å²) >= 11 is 7.72. The van der Waals surface area contributed by atoms with Crippen LogP contribution in [0.25, 0.3) is 11.4 Å². The molecule has 1 amide bonds. The zero-order valence-electron chi connectivity index (χ0n) is 16.0. The van der Waals surface area contributed by atoms with Crippen molar-refractivity contribution in [1.29, 1.82) is 0 Å². The van der Waals surface area contributed by atoms with Gasteiger partial charge in [-0.25, -0.2) is 14.3 Å². The summed E-state index contributed by atoms with van der Waals surface area (Å²) in [6.07, 6.45) is -1.98. The number of hydrogen-bond donors (Lipinski definition) is 1. The fourth-order valence-electron chi connectivity index (χ4n) is 2.71. The third-order valence-electron chi connectivity index (χ3n) is 4.12. The van der Waals surface area contributed by atoms with E-state index in [9.17, 15) is 18.0 Å². The fourth-order valence-corrected chi connectivity index (χ4v) is 4.87. The van der Waals surface area contributed by atoms with Crippen LogP contribution in [0.2, 0.25) is 0 Å². The van der Waals surface area contributed by atoms with E-state index >= 15 is 0 Å². The maximum atomic E-state index is 13.2. The minimum absolute atomic E-state index is 0.0293. The Labute approximate surface area is 192 Å². The Morgan fingerprint density at radius 3 is 2.66 bits per heavy atom. The predicted octanol–water partition coefficient (Wildman–Crippen LogP) is 4.99.